The van der Waals surface area contributed by atoms with Crippen LogP contribution in [-0.4, -0.2) is 23.0 Å². The van der Waals surface area contributed by atoms with Gasteiger partial charge in [0.15, 0.2) is 0 Å². The van der Waals surface area contributed by atoms with Crippen LogP contribution in [0.3, 0.4) is 0 Å². The zero-order valence-corrected chi connectivity index (χ0v) is 11.7. The molecule has 112 valence electrons. The number of fused-ring (bicyclic) bond motifs is 1. The molecule has 0 radical (unpaired) electrons. The van der Waals surface area contributed by atoms with Gasteiger partial charge in [0.1, 0.15) is 5.84 Å². The summed E-state index contributed by atoms with van der Waals surface area (Å²) in [4.78, 5) is 12.4. The normalized spacial score (nSPS) is 24.9. The molecule has 0 bridgehead atoms. The number of benzene rings is 1. The molecular weight excluding hydrogens is 270 g/mol. The van der Waals surface area contributed by atoms with Crippen molar-refractivity contribution < 1.29 is 14.7 Å². The van der Waals surface area contributed by atoms with E-state index < -0.39 is 0 Å². The summed E-state index contributed by atoms with van der Waals surface area (Å²) in [7, 11) is 0. The van der Waals surface area contributed by atoms with Crippen LogP contribution in [0.4, 0.5) is 0 Å². The van der Waals surface area contributed by atoms with Gasteiger partial charge in [-0.25, -0.2) is 0 Å². The number of oxime groups is 1. The van der Waals surface area contributed by atoms with Crippen molar-refractivity contribution in [3.8, 4) is 0 Å². The number of amidine groups is 1. The lowest BCUT2D eigenvalue weighted by Crippen LogP contribution is -2.42. The molecule has 1 aliphatic carbocycles. The van der Waals surface area contributed by atoms with Crippen LogP contribution >= 0.6 is 0 Å². The predicted octanol–water partition coefficient (Wildman–Crippen LogP) is 1.36. The van der Waals surface area contributed by atoms with Gasteiger partial charge in [0.2, 0.25) is 0 Å². The summed E-state index contributed by atoms with van der Waals surface area (Å²) in [5, 5.41) is 14.9. The molecule has 1 fully saturated rings. The number of rotatable bonds is 3. The Bertz CT molecular complexity index is 586. The van der Waals surface area contributed by atoms with Gasteiger partial charge in [0, 0.05) is 17.5 Å². The Morgan fingerprint density at radius 2 is 2.14 bits per heavy atom. The lowest BCUT2D eigenvalue weighted by atomic mass is 10.0. The van der Waals surface area contributed by atoms with E-state index >= 15 is 0 Å². The summed E-state index contributed by atoms with van der Waals surface area (Å²) in [6, 6.07) is 5.56. The average Bonchev–Trinajstić information content (AvgIpc) is 3.14. The third-order valence-electron chi connectivity index (χ3n) is 4.31. The quantitative estimate of drug-likeness (QED) is 0.339. The van der Waals surface area contributed by atoms with Gasteiger partial charge in [0.25, 0.3) is 5.91 Å². The predicted molar refractivity (Wildman–Crippen MR) is 76.9 cm³/mol. The lowest BCUT2D eigenvalue weighted by molar-refractivity contribution is 0.0933. The highest BCUT2D eigenvalue weighted by Crippen LogP contribution is 2.26. The molecule has 0 aromatic heterocycles. The summed E-state index contributed by atoms with van der Waals surface area (Å²) in [5.41, 5.74) is 8.53. The summed E-state index contributed by atoms with van der Waals surface area (Å²) in [6.07, 6.45) is 2.64. The van der Waals surface area contributed by atoms with Gasteiger partial charge in [-0.3, -0.25) is 4.79 Å². The van der Waals surface area contributed by atoms with Crippen LogP contribution in [-0.2, 0) is 18.0 Å². The largest absolute Gasteiger partial charge is 0.409 e. The Kier molecular flexibility index (Phi) is 3.79. The van der Waals surface area contributed by atoms with Crippen molar-refractivity contribution >= 4 is 11.7 Å². The zero-order valence-electron chi connectivity index (χ0n) is 11.7. The van der Waals surface area contributed by atoms with Crippen molar-refractivity contribution in [1.82, 2.24) is 5.32 Å². The number of amides is 1. The topological polar surface area (TPSA) is 96.9 Å². The van der Waals surface area contributed by atoms with Crippen LogP contribution in [0.15, 0.2) is 23.4 Å². The highest BCUT2D eigenvalue weighted by Gasteiger charge is 2.32. The van der Waals surface area contributed by atoms with Crippen molar-refractivity contribution in [2.24, 2.45) is 16.8 Å². The van der Waals surface area contributed by atoms with E-state index in [2.05, 4.69) is 10.5 Å². The number of nitrogens with zero attached hydrogens (tertiary/aromatic N) is 1. The Hall–Kier alpha value is -2.08. The van der Waals surface area contributed by atoms with Crippen molar-refractivity contribution in [3.05, 3.63) is 34.9 Å². The van der Waals surface area contributed by atoms with Crippen LogP contribution in [0, 0.1) is 5.92 Å². The number of hydrogen-bond donors (Lipinski definition) is 3. The van der Waals surface area contributed by atoms with Crippen molar-refractivity contribution in [3.63, 3.8) is 0 Å². The van der Waals surface area contributed by atoms with Gasteiger partial charge >= 0.3 is 0 Å². The molecule has 6 heteroatoms. The molecular formula is C15H19N3O3. The molecule has 1 aromatic carbocycles. The molecule has 1 aromatic rings. The summed E-state index contributed by atoms with van der Waals surface area (Å²) in [5.74, 6) is -0.01000. The first-order chi connectivity index (χ1) is 10.2. The van der Waals surface area contributed by atoms with Crippen molar-refractivity contribution in [2.75, 3.05) is 0 Å². The second-order valence-electron chi connectivity index (χ2n) is 5.62. The minimum atomic E-state index is -0.118. The SMILES string of the molecule is NC(=NO)C1CCCC1NC(=O)c1ccc2c(c1)COC2. The molecule has 1 heterocycles. The molecule has 4 N–H and O–H groups in total. The second kappa shape index (κ2) is 5.73. The van der Waals surface area contributed by atoms with Crippen LogP contribution < -0.4 is 11.1 Å². The lowest BCUT2D eigenvalue weighted by Gasteiger charge is -2.20. The first-order valence-corrected chi connectivity index (χ1v) is 7.17. The minimum absolute atomic E-state index is 0.0714. The van der Waals surface area contributed by atoms with Crippen LogP contribution in [0.5, 0.6) is 0 Å². The fourth-order valence-electron chi connectivity index (χ4n) is 3.13. The van der Waals surface area contributed by atoms with E-state index in [9.17, 15) is 4.79 Å². The molecule has 2 aliphatic rings. The van der Waals surface area contributed by atoms with Crippen LogP contribution in [0.1, 0.15) is 40.7 Å². The van der Waals surface area contributed by atoms with Gasteiger partial charge in [0.05, 0.1) is 13.2 Å². The highest BCUT2D eigenvalue weighted by atomic mass is 16.5. The van der Waals surface area contributed by atoms with Gasteiger partial charge < -0.3 is 21.0 Å². The molecule has 2 unspecified atom stereocenters. The fourth-order valence-corrected chi connectivity index (χ4v) is 3.13. The first-order valence-electron chi connectivity index (χ1n) is 7.17. The van der Waals surface area contributed by atoms with Crippen LogP contribution in [0.2, 0.25) is 0 Å². The Morgan fingerprint density at radius 1 is 1.33 bits per heavy atom. The number of nitrogens with two attached hydrogens (primary N) is 1. The fraction of sp³-hybridized carbons (Fsp3) is 0.467. The van der Waals surface area contributed by atoms with E-state index in [0.717, 1.165) is 30.4 Å². The van der Waals surface area contributed by atoms with Crippen molar-refractivity contribution in [1.29, 1.82) is 0 Å². The summed E-state index contributed by atoms with van der Waals surface area (Å²) in [6.45, 7) is 1.18. The van der Waals surface area contributed by atoms with Gasteiger partial charge in [-0.2, -0.15) is 0 Å². The molecule has 1 aliphatic heterocycles. The molecule has 0 saturated heterocycles. The summed E-state index contributed by atoms with van der Waals surface area (Å²) >= 11 is 0. The van der Waals surface area contributed by atoms with Gasteiger partial charge in [-0.1, -0.05) is 17.6 Å². The minimum Gasteiger partial charge on any atom is -0.409 e. The third kappa shape index (κ3) is 2.71. The Balaban J connectivity index is 1.71. The smallest absolute Gasteiger partial charge is 0.251 e. The number of nitrogens with one attached hydrogen (secondary N) is 1. The van der Waals surface area contributed by atoms with E-state index in [1.807, 2.05) is 18.2 Å². The molecule has 0 spiro atoms. The molecule has 2 atom stereocenters. The third-order valence-corrected chi connectivity index (χ3v) is 4.31. The maximum atomic E-state index is 12.4. The van der Waals surface area contributed by atoms with E-state index in [-0.39, 0.29) is 23.7 Å². The maximum absolute atomic E-state index is 12.4. The molecule has 21 heavy (non-hydrogen) atoms. The van der Waals surface area contributed by atoms with Crippen molar-refractivity contribution in [2.45, 2.75) is 38.5 Å². The number of carbonyl (C=O) groups is 1. The number of hydrogen-bond acceptors (Lipinski definition) is 4. The van der Waals surface area contributed by atoms with E-state index in [1.54, 1.807) is 0 Å². The molecule has 1 amide bonds. The Morgan fingerprint density at radius 3 is 2.95 bits per heavy atom. The van der Waals surface area contributed by atoms with E-state index in [4.69, 9.17) is 15.7 Å². The van der Waals surface area contributed by atoms with Gasteiger partial charge in [-0.15, -0.1) is 0 Å². The highest BCUT2D eigenvalue weighted by molar-refractivity contribution is 5.95. The monoisotopic (exact) mass is 289 g/mol. The number of ether oxygens (including phenoxy) is 1. The van der Waals surface area contributed by atoms with Gasteiger partial charge in [-0.05, 0) is 36.1 Å². The van der Waals surface area contributed by atoms with Crippen LogP contribution in [0.25, 0.3) is 0 Å². The maximum Gasteiger partial charge on any atom is 0.251 e. The average molecular weight is 289 g/mol. The van der Waals surface area contributed by atoms with E-state index in [0.29, 0.717) is 18.8 Å². The first kappa shape index (κ1) is 13.9. The molecule has 1 saturated carbocycles. The van der Waals surface area contributed by atoms with E-state index in [1.165, 1.54) is 0 Å². The Labute approximate surface area is 123 Å². The number of carbonyl (C=O) groups excluding carboxylic acids is 1. The molecule has 3 rings (SSSR count). The standard InChI is InChI=1S/C15H19N3O3/c16-14(18-20)12-2-1-3-13(12)17-15(19)9-4-5-10-7-21-8-11(10)6-9/h4-6,12-13,20H,1-3,7-8H2,(H2,16,18)(H,17,19). The summed E-state index contributed by atoms with van der Waals surface area (Å²) < 4.78 is 5.35. The molecule has 6 nitrogen and oxygen atoms in total. The second-order valence-corrected chi connectivity index (χ2v) is 5.62. The zero-order chi connectivity index (χ0) is 14.8.